The predicted molar refractivity (Wildman–Crippen MR) is 135 cm³/mol. The Bertz CT molecular complexity index is 304. The molecule has 0 aromatic heterocycles. The summed E-state index contributed by atoms with van der Waals surface area (Å²) in [7, 11) is -1.15. The van der Waals surface area contributed by atoms with Crippen molar-refractivity contribution < 1.29 is 0 Å². The highest BCUT2D eigenvalue weighted by Gasteiger charge is 2.22. The fourth-order valence-electron chi connectivity index (χ4n) is 4.32. The normalized spacial score (nSPS) is 12.3. The van der Waals surface area contributed by atoms with Crippen molar-refractivity contribution in [2.24, 2.45) is 0 Å². The van der Waals surface area contributed by atoms with Crippen LogP contribution in [0.3, 0.4) is 0 Å². The Hall–Kier alpha value is -0.0431. The molecule has 0 aromatic rings. The van der Waals surface area contributed by atoms with Gasteiger partial charge in [0, 0.05) is 0 Å². The molecular formula is C27H56Si. The number of hydrogen-bond acceptors (Lipinski definition) is 0. The van der Waals surface area contributed by atoms with E-state index in [1.54, 1.807) is 12.1 Å². The van der Waals surface area contributed by atoms with Crippen molar-refractivity contribution in [2.45, 2.75) is 161 Å². The second kappa shape index (κ2) is 21.7. The third-order valence-electron chi connectivity index (χ3n) is 6.45. The van der Waals surface area contributed by atoms with E-state index in [4.69, 9.17) is 0 Å². The third kappa shape index (κ3) is 19.3. The zero-order valence-electron chi connectivity index (χ0n) is 20.5. The summed E-state index contributed by atoms with van der Waals surface area (Å²) in [6, 6.07) is 3.09. The van der Waals surface area contributed by atoms with E-state index in [2.05, 4.69) is 39.1 Å². The first-order chi connectivity index (χ1) is 13.7. The van der Waals surface area contributed by atoms with Crippen LogP contribution >= 0.6 is 0 Å². The summed E-state index contributed by atoms with van der Waals surface area (Å²) in [4.78, 5) is 0. The minimum atomic E-state index is -1.15. The van der Waals surface area contributed by atoms with Crippen LogP contribution in [0.1, 0.15) is 143 Å². The van der Waals surface area contributed by atoms with Crippen molar-refractivity contribution in [3.8, 4) is 0 Å². The van der Waals surface area contributed by atoms with Gasteiger partial charge in [0.15, 0.2) is 0 Å². The summed E-state index contributed by atoms with van der Waals surface area (Å²) in [5.74, 6) is 0. The molecule has 0 saturated carbocycles. The van der Waals surface area contributed by atoms with Crippen molar-refractivity contribution in [3.63, 3.8) is 0 Å². The van der Waals surface area contributed by atoms with Crippen molar-refractivity contribution in [3.05, 3.63) is 11.8 Å². The smallest absolute Gasteiger partial charge is 0.0743 e. The lowest BCUT2D eigenvalue weighted by molar-refractivity contribution is 0.611. The molecule has 0 saturated heterocycles. The molecule has 0 amide bonds. The van der Waals surface area contributed by atoms with Crippen molar-refractivity contribution >= 4 is 8.07 Å². The fourth-order valence-corrected chi connectivity index (χ4v) is 7.75. The molecule has 0 fully saturated rings. The second-order valence-electron chi connectivity index (χ2n) is 9.65. The average molecular weight is 409 g/mol. The Morgan fingerprint density at radius 3 is 1.25 bits per heavy atom. The Balaban J connectivity index is 4.15. The highest BCUT2D eigenvalue weighted by molar-refractivity contribution is 6.83. The van der Waals surface area contributed by atoms with Crippen molar-refractivity contribution in [1.29, 1.82) is 0 Å². The number of rotatable bonds is 22. The summed E-state index contributed by atoms with van der Waals surface area (Å²) in [6.07, 6.45) is 29.9. The van der Waals surface area contributed by atoms with E-state index < -0.39 is 8.07 Å². The lowest BCUT2D eigenvalue weighted by atomic mass is 10.1. The summed E-state index contributed by atoms with van der Waals surface area (Å²) in [6.45, 7) is 9.63. The zero-order valence-corrected chi connectivity index (χ0v) is 21.5. The molecule has 0 unspecified atom stereocenters. The Morgan fingerprint density at radius 1 is 0.464 bits per heavy atom. The number of hydrogen-bond donors (Lipinski definition) is 0. The standard InChI is InChI=1S/C27H56Si/c1-5-8-11-14-17-18-21-24-27-28(4,25-22-19-15-12-9-6-2)26-23-20-16-13-10-7-3/h24,27H,5-23,25-26H2,1-4H3/b27-24+. The molecule has 28 heavy (non-hydrogen) atoms. The molecule has 0 radical (unpaired) electrons. The van der Waals surface area contributed by atoms with Gasteiger partial charge in [-0.1, -0.05) is 160 Å². The van der Waals surface area contributed by atoms with Gasteiger partial charge in [0.2, 0.25) is 0 Å². The molecule has 0 heterocycles. The van der Waals surface area contributed by atoms with Crippen LogP contribution in [0.2, 0.25) is 18.6 Å². The van der Waals surface area contributed by atoms with Crippen LogP contribution in [0.5, 0.6) is 0 Å². The van der Waals surface area contributed by atoms with Gasteiger partial charge in [-0.3, -0.25) is 0 Å². The van der Waals surface area contributed by atoms with Gasteiger partial charge in [-0.25, -0.2) is 0 Å². The summed E-state index contributed by atoms with van der Waals surface area (Å²) >= 11 is 0. The van der Waals surface area contributed by atoms with Crippen LogP contribution in [-0.4, -0.2) is 8.07 Å². The highest BCUT2D eigenvalue weighted by Crippen LogP contribution is 2.25. The van der Waals surface area contributed by atoms with Crippen LogP contribution in [0.15, 0.2) is 11.8 Å². The minimum Gasteiger partial charge on any atom is -0.0984 e. The van der Waals surface area contributed by atoms with E-state index >= 15 is 0 Å². The Kier molecular flexibility index (Phi) is 21.6. The van der Waals surface area contributed by atoms with Gasteiger partial charge >= 0.3 is 0 Å². The molecular weight excluding hydrogens is 352 g/mol. The lowest BCUT2D eigenvalue weighted by Gasteiger charge is -2.24. The molecule has 0 rings (SSSR count). The van der Waals surface area contributed by atoms with E-state index in [9.17, 15) is 0 Å². The maximum Gasteiger partial charge on any atom is 0.0743 e. The lowest BCUT2D eigenvalue weighted by Crippen LogP contribution is -2.27. The highest BCUT2D eigenvalue weighted by atomic mass is 28.3. The summed E-state index contributed by atoms with van der Waals surface area (Å²) < 4.78 is 0. The molecule has 0 aliphatic rings. The van der Waals surface area contributed by atoms with Gasteiger partial charge in [-0.15, -0.1) is 0 Å². The summed E-state index contributed by atoms with van der Waals surface area (Å²) in [5, 5.41) is 0. The van der Waals surface area contributed by atoms with Gasteiger partial charge in [-0.2, -0.15) is 0 Å². The number of unbranched alkanes of at least 4 members (excludes halogenated alkanes) is 16. The van der Waals surface area contributed by atoms with E-state index in [-0.39, 0.29) is 0 Å². The van der Waals surface area contributed by atoms with E-state index in [0.717, 1.165) is 0 Å². The van der Waals surface area contributed by atoms with E-state index in [1.165, 1.54) is 122 Å². The molecule has 0 aliphatic heterocycles. The van der Waals surface area contributed by atoms with Gasteiger partial charge in [-0.05, 0) is 12.8 Å². The predicted octanol–water partition coefficient (Wildman–Crippen LogP) is 10.6. The molecule has 0 bridgehead atoms. The molecule has 0 N–H and O–H groups in total. The molecule has 0 aliphatic carbocycles. The molecule has 0 atom stereocenters. The van der Waals surface area contributed by atoms with E-state index in [1.807, 2.05) is 0 Å². The van der Waals surface area contributed by atoms with Crippen LogP contribution in [-0.2, 0) is 0 Å². The average Bonchev–Trinajstić information content (AvgIpc) is 2.69. The minimum absolute atomic E-state index is 1.15. The van der Waals surface area contributed by atoms with Crippen LogP contribution in [0.25, 0.3) is 0 Å². The van der Waals surface area contributed by atoms with Gasteiger partial charge < -0.3 is 0 Å². The topological polar surface area (TPSA) is 0 Å². The van der Waals surface area contributed by atoms with Gasteiger partial charge in [0.1, 0.15) is 0 Å². The first-order valence-corrected chi connectivity index (χ1v) is 16.4. The second-order valence-corrected chi connectivity index (χ2v) is 14.3. The maximum atomic E-state index is 2.76. The van der Waals surface area contributed by atoms with E-state index in [0.29, 0.717) is 0 Å². The van der Waals surface area contributed by atoms with Crippen LogP contribution in [0.4, 0.5) is 0 Å². The molecule has 0 spiro atoms. The molecule has 168 valence electrons. The molecule has 1 heteroatoms. The third-order valence-corrected chi connectivity index (χ3v) is 10.5. The van der Waals surface area contributed by atoms with Crippen molar-refractivity contribution in [2.75, 3.05) is 0 Å². The Morgan fingerprint density at radius 2 is 0.821 bits per heavy atom. The molecule has 0 nitrogen and oxygen atoms in total. The fraction of sp³-hybridized carbons (Fsp3) is 0.926. The largest absolute Gasteiger partial charge is 0.0984 e. The maximum absolute atomic E-state index is 2.76. The SMILES string of the molecule is CCCCCCCC/C=C/[Si](C)(CCCCCCCC)CCCCCCCC. The van der Waals surface area contributed by atoms with Crippen LogP contribution in [0, 0.1) is 0 Å². The quantitative estimate of drug-likeness (QED) is 0.123. The zero-order chi connectivity index (χ0) is 20.8. The van der Waals surface area contributed by atoms with Gasteiger partial charge in [0.25, 0.3) is 0 Å². The van der Waals surface area contributed by atoms with Crippen molar-refractivity contribution in [1.82, 2.24) is 0 Å². The van der Waals surface area contributed by atoms with Crippen LogP contribution < -0.4 is 0 Å². The Labute approximate surface area is 181 Å². The first-order valence-electron chi connectivity index (χ1n) is 13.4. The van der Waals surface area contributed by atoms with Gasteiger partial charge in [0.05, 0.1) is 8.07 Å². The monoisotopic (exact) mass is 408 g/mol. The summed E-state index contributed by atoms with van der Waals surface area (Å²) in [5.41, 5.74) is 2.76. The first kappa shape index (κ1) is 28.0. The number of allylic oxidation sites excluding steroid dienone is 1. The molecule has 0 aromatic carbocycles.